The van der Waals surface area contributed by atoms with Gasteiger partial charge in [0.1, 0.15) is 0 Å². The van der Waals surface area contributed by atoms with Gasteiger partial charge in [0.2, 0.25) is 0 Å². The van der Waals surface area contributed by atoms with Crippen molar-refractivity contribution in [2.45, 2.75) is 17.6 Å². The molecule has 1 aliphatic rings. The molecule has 2 aromatic rings. The topological polar surface area (TPSA) is 37.8 Å². The summed E-state index contributed by atoms with van der Waals surface area (Å²) in [5.41, 5.74) is 0. The van der Waals surface area contributed by atoms with Gasteiger partial charge in [0.05, 0.1) is 0 Å². The number of halogens is 1. The lowest BCUT2D eigenvalue weighted by Gasteiger charge is -2.14. The molecule has 94 valence electrons. The van der Waals surface area contributed by atoms with Gasteiger partial charge >= 0.3 is 0 Å². The molecule has 1 heterocycles. The molecule has 0 saturated heterocycles. The van der Waals surface area contributed by atoms with Gasteiger partial charge in [-0.05, 0) is 19.1 Å². The van der Waals surface area contributed by atoms with Crippen LogP contribution in [0.4, 0.5) is 5.82 Å². The number of hydrogen-bond acceptors (Lipinski definition) is 4. The predicted molar refractivity (Wildman–Crippen MR) is 78.5 cm³/mol. The van der Waals surface area contributed by atoms with E-state index in [1.165, 1.54) is 12.8 Å². The summed E-state index contributed by atoms with van der Waals surface area (Å²) >= 11 is 7.98. The molecule has 18 heavy (non-hydrogen) atoms. The number of hydrogen-bond donors (Lipinski definition) is 1. The fourth-order valence-corrected chi connectivity index (χ4v) is 2.97. The van der Waals surface area contributed by atoms with Gasteiger partial charge < -0.3 is 5.32 Å². The molecule has 1 aliphatic carbocycles. The van der Waals surface area contributed by atoms with Gasteiger partial charge in [-0.1, -0.05) is 35.9 Å². The Morgan fingerprint density at radius 2 is 2.00 bits per heavy atom. The third-order valence-electron chi connectivity index (χ3n) is 3.46. The van der Waals surface area contributed by atoms with Crippen molar-refractivity contribution in [1.29, 1.82) is 0 Å². The lowest BCUT2D eigenvalue weighted by Crippen LogP contribution is -2.18. The summed E-state index contributed by atoms with van der Waals surface area (Å²) in [6.07, 6.45) is 4.72. The van der Waals surface area contributed by atoms with E-state index in [1.807, 2.05) is 36.0 Å². The van der Waals surface area contributed by atoms with E-state index in [-0.39, 0.29) is 0 Å². The minimum atomic E-state index is 0.405. The van der Waals surface area contributed by atoms with Crippen LogP contribution in [-0.2, 0) is 0 Å². The Kier molecular flexibility index (Phi) is 3.08. The molecule has 0 amide bonds. The van der Waals surface area contributed by atoms with Gasteiger partial charge in [0, 0.05) is 22.1 Å². The molecule has 0 aliphatic heterocycles. The van der Waals surface area contributed by atoms with Gasteiger partial charge in [-0.2, -0.15) is 11.8 Å². The van der Waals surface area contributed by atoms with E-state index in [1.54, 1.807) is 0 Å². The van der Waals surface area contributed by atoms with Crippen molar-refractivity contribution in [1.82, 2.24) is 10.2 Å². The fourth-order valence-electron chi connectivity index (χ4n) is 2.04. The Balaban J connectivity index is 1.90. The number of nitrogens with one attached hydrogen (secondary N) is 1. The zero-order chi connectivity index (χ0) is 12.6. The first-order valence-corrected chi connectivity index (χ1v) is 7.54. The van der Waals surface area contributed by atoms with E-state index in [2.05, 4.69) is 21.8 Å². The van der Waals surface area contributed by atoms with Crippen LogP contribution < -0.4 is 5.32 Å². The van der Waals surface area contributed by atoms with Crippen LogP contribution in [0.5, 0.6) is 0 Å². The van der Waals surface area contributed by atoms with Gasteiger partial charge in [-0.3, -0.25) is 0 Å². The molecule has 5 heteroatoms. The van der Waals surface area contributed by atoms with Crippen molar-refractivity contribution in [3.05, 3.63) is 29.4 Å². The second kappa shape index (κ2) is 4.59. The predicted octanol–water partition coefficient (Wildman–Crippen LogP) is 3.59. The Hall–Kier alpha value is -1.00. The number of benzene rings is 1. The molecule has 0 spiro atoms. The fraction of sp³-hybridized carbons (Fsp3) is 0.385. The third-order valence-corrected chi connectivity index (χ3v) is 5.16. The van der Waals surface area contributed by atoms with E-state index in [9.17, 15) is 0 Å². The molecule has 1 aromatic heterocycles. The highest BCUT2D eigenvalue weighted by Crippen LogP contribution is 2.47. The summed E-state index contributed by atoms with van der Waals surface area (Å²) in [6, 6.07) is 7.95. The zero-order valence-corrected chi connectivity index (χ0v) is 11.7. The maximum atomic E-state index is 6.05. The zero-order valence-electron chi connectivity index (χ0n) is 10.1. The van der Waals surface area contributed by atoms with Gasteiger partial charge in [0.25, 0.3) is 0 Å². The molecule has 0 bridgehead atoms. The van der Waals surface area contributed by atoms with Crippen molar-refractivity contribution in [2.75, 3.05) is 18.1 Å². The Morgan fingerprint density at radius 3 is 2.67 bits per heavy atom. The van der Waals surface area contributed by atoms with Gasteiger partial charge in [-0.25, -0.2) is 0 Å². The number of anilines is 1. The Morgan fingerprint density at radius 1 is 1.28 bits per heavy atom. The standard InChI is InChI=1S/C13H14ClN3S/c1-18-13(6-7-13)8-15-12-10-5-3-2-4-9(10)11(14)16-17-12/h2-5H,6-8H2,1H3,(H,15,17). The van der Waals surface area contributed by atoms with E-state index in [0.29, 0.717) is 9.90 Å². The van der Waals surface area contributed by atoms with E-state index in [4.69, 9.17) is 11.6 Å². The van der Waals surface area contributed by atoms with Crippen molar-refractivity contribution < 1.29 is 0 Å². The van der Waals surface area contributed by atoms with E-state index >= 15 is 0 Å². The van der Waals surface area contributed by atoms with E-state index < -0.39 is 0 Å². The van der Waals surface area contributed by atoms with Gasteiger partial charge in [-0.15, -0.1) is 10.2 Å². The highest BCUT2D eigenvalue weighted by Gasteiger charge is 2.41. The molecule has 3 rings (SSSR count). The number of nitrogens with zero attached hydrogens (tertiary/aromatic N) is 2. The molecule has 1 N–H and O–H groups in total. The largest absolute Gasteiger partial charge is 0.367 e. The normalized spacial score (nSPS) is 16.8. The van der Waals surface area contributed by atoms with Gasteiger partial charge in [0.15, 0.2) is 11.0 Å². The van der Waals surface area contributed by atoms with Crippen LogP contribution >= 0.6 is 23.4 Å². The van der Waals surface area contributed by atoms with Crippen LogP contribution in [0.1, 0.15) is 12.8 Å². The minimum absolute atomic E-state index is 0.405. The lowest BCUT2D eigenvalue weighted by atomic mass is 10.2. The summed E-state index contributed by atoms with van der Waals surface area (Å²) in [4.78, 5) is 0. The maximum Gasteiger partial charge on any atom is 0.159 e. The van der Waals surface area contributed by atoms with Crippen LogP contribution in [0, 0.1) is 0 Å². The first kappa shape index (κ1) is 12.1. The van der Waals surface area contributed by atoms with E-state index in [0.717, 1.165) is 23.1 Å². The number of fused-ring (bicyclic) bond motifs is 1. The highest BCUT2D eigenvalue weighted by atomic mass is 35.5. The quantitative estimate of drug-likeness (QED) is 0.928. The maximum absolute atomic E-state index is 6.05. The van der Waals surface area contributed by atoms with Crippen LogP contribution in [0.25, 0.3) is 10.8 Å². The molecular weight excluding hydrogens is 266 g/mol. The summed E-state index contributed by atoms with van der Waals surface area (Å²) in [5, 5.41) is 14.0. The Labute approximate surface area is 115 Å². The second-order valence-corrected chi connectivity index (χ2v) is 6.26. The summed E-state index contributed by atoms with van der Waals surface area (Å²) in [7, 11) is 0. The summed E-state index contributed by atoms with van der Waals surface area (Å²) in [6.45, 7) is 0.939. The van der Waals surface area contributed by atoms with Crippen molar-refractivity contribution >= 4 is 40.0 Å². The number of rotatable bonds is 4. The van der Waals surface area contributed by atoms with Crippen molar-refractivity contribution in [3.63, 3.8) is 0 Å². The lowest BCUT2D eigenvalue weighted by molar-refractivity contribution is 0.928. The summed E-state index contributed by atoms with van der Waals surface area (Å²) < 4.78 is 0.405. The molecule has 0 radical (unpaired) electrons. The van der Waals surface area contributed by atoms with Crippen LogP contribution in [0.3, 0.4) is 0 Å². The van der Waals surface area contributed by atoms with Crippen LogP contribution in [0.15, 0.2) is 24.3 Å². The molecule has 3 nitrogen and oxygen atoms in total. The third kappa shape index (κ3) is 2.15. The first-order valence-electron chi connectivity index (χ1n) is 5.94. The second-order valence-electron chi connectivity index (χ2n) is 4.63. The number of thioether (sulfide) groups is 1. The smallest absolute Gasteiger partial charge is 0.159 e. The highest BCUT2D eigenvalue weighted by molar-refractivity contribution is 8.00. The molecular formula is C13H14ClN3S. The average Bonchev–Trinajstić information content (AvgIpc) is 3.19. The van der Waals surface area contributed by atoms with Crippen molar-refractivity contribution in [3.8, 4) is 0 Å². The SMILES string of the molecule is CSC1(CNc2nnc(Cl)c3ccccc23)CC1. The van der Waals surface area contributed by atoms with Crippen molar-refractivity contribution in [2.24, 2.45) is 0 Å². The minimum Gasteiger partial charge on any atom is -0.367 e. The number of aromatic nitrogens is 2. The monoisotopic (exact) mass is 279 g/mol. The molecule has 1 aromatic carbocycles. The van der Waals surface area contributed by atoms with Crippen LogP contribution in [0.2, 0.25) is 5.15 Å². The average molecular weight is 280 g/mol. The summed E-state index contributed by atoms with van der Waals surface area (Å²) in [5.74, 6) is 0.829. The Bertz CT molecular complexity index is 583. The molecule has 0 atom stereocenters. The van der Waals surface area contributed by atoms with Crippen LogP contribution in [-0.4, -0.2) is 27.7 Å². The molecule has 1 saturated carbocycles. The molecule has 0 unspecified atom stereocenters. The first-order chi connectivity index (χ1) is 8.74. The molecule has 1 fully saturated rings.